The fourth-order valence-electron chi connectivity index (χ4n) is 1.89. The molecule has 0 radical (unpaired) electrons. The summed E-state index contributed by atoms with van der Waals surface area (Å²) in [6.45, 7) is 4.08. The van der Waals surface area contributed by atoms with Crippen molar-refractivity contribution in [3.05, 3.63) is 0 Å². The van der Waals surface area contributed by atoms with Crippen molar-refractivity contribution in [2.24, 2.45) is 0 Å². The van der Waals surface area contributed by atoms with E-state index in [-0.39, 0.29) is 11.9 Å². The first-order valence-electron chi connectivity index (χ1n) is 7.54. The maximum Gasteiger partial charge on any atom is 0.328 e. The summed E-state index contributed by atoms with van der Waals surface area (Å²) >= 11 is 1.65. The zero-order chi connectivity index (χ0) is 15.2. The Balaban J connectivity index is 3.79. The summed E-state index contributed by atoms with van der Waals surface area (Å²) in [6.07, 6.45) is 9.58. The van der Waals surface area contributed by atoms with E-state index in [0.29, 0.717) is 13.0 Å². The summed E-state index contributed by atoms with van der Waals surface area (Å²) in [5.74, 6) is 0.340. The van der Waals surface area contributed by atoms with Crippen molar-refractivity contribution in [3.8, 4) is 0 Å². The molecule has 118 valence electrons. The maximum absolute atomic E-state index is 11.9. The lowest BCUT2D eigenvalue weighted by Crippen LogP contribution is -2.41. The maximum atomic E-state index is 11.9. The van der Waals surface area contributed by atoms with Crippen LogP contribution in [0.1, 0.15) is 58.8 Å². The molecule has 20 heavy (non-hydrogen) atoms. The highest BCUT2D eigenvalue weighted by Gasteiger charge is 2.20. The van der Waals surface area contributed by atoms with E-state index in [0.717, 1.165) is 18.6 Å². The number of hydrogen-bond acceptors (Lipinski definition) is 4. The molecule has 0 aromatic rings. The Hall–Kier alpha value is -0.710. The number of unbranched alkanes of at least 4 members (excludes halogenated alkanes) is 5. The molecular weight excluding hydrogens is 274 g/mol. The summed E-state index contributed by atoms with van der Waals surface area (Å²) in [4.78, 5) is 22.9. The Kier molecular flexibility index (Phi) is 12.8. The van der Waals surface area contributed by atoms with Crippen LogP contribution < -0.4 is 5.32 Å². The summed E-state index contributed by atoms with van der Waals surface area (Å²) in [5, 5.41) is 2.66. The molecule has 1 amide bonds. The van der Waals surface area contributed by atoms with Crippen LogP contribution in [0.25, 0.3) is 0 Å². The summed E-state index contributed by atoms with van der Waals surface area (Å²) in [6, 6.07) is -0.500. The van der Waals surface area contributed by atoms with Gasteiger partial charge in [-0.15, -0.1) is 0 Å². The van der Waals surface area contributed by atoms with Crippen LogP contribution in [-0.4, -0.2) is 36.5 Å². The van der Waals surface area contributed by atoms with Gasteiger partial charge in [-0.3, -0.25) is 4.79 Å². The second-order valence-electron chi connectivity index (χ2n) is 4.97. The molecular formula is C15H29NO3S. The van der Waals surface area contributed by atoms with Gasteiger partial charge in [0.1, 0.15) is 6.04 Å². The van der Waals surface area contributed by atoms with Gasteiger partial charge < -0.3 is 10.1 Å². The highest BCUT2D eigenvalue weighted by atomic mass is 32.2. The molecule has 0 aliphatic heterocycles. The lowest BCUT2D eigenvalue weighted by molar-refractivity contribution is -0.147. The Morgan fingerprint density at radius 1 is 1.15 bits per heavy atom. The SMILES string of the molecule is CCCCCCCCOC(=O)[C@@H](CCSC)NC(C)=O. The van der Waals surface area contributed by atoms with E-state index in [1.807, 2.05) is 6.26 Å². The van der Waals surface area contributed by atoms with Gasteiger partial charge in [0.2, 0.25) is 5.91 Å². The van der Waals surface area contributed by atoms with Gasteiger partial charge in [0.15, 0.2) is 0 Å². The third-order valence-electron chi connectivity index (χ3n) is 3.01. The Morgan fingerprint density at radius 3 is 2.40 bits per heavy atom. The minimum absolute atomic E-state index is 0.187. The first kappa shape index (κ1) is 19.3. The topological polar surface area (TPSA) is 55.4 Å². The van der Waals surface area contributed by atoms with Crippen LogP contribution in [0, 0.1) is 0 Å². The number of esters is 1. The normalized spacial score (nSPS) is 11.9. The Bertz CT molecular complexity index is 272. The summed E-state index contributed by atoms with van der Waals surface area (Å²) in [7, 11) is 0. The highest BCUT2D eigenvalue weighted by molar-refractivity contribution is 7.98. The van der Waals surface area contributed by atoms with E-state index in [1.165, 1.54) is 32.6 Å². The number of amides is 1. The van der Waals surface area contributed by atoms with E-state index in [9.17, 15) is 9.59 Å². The molecule has 0 fully saturated rings. The highest BCUT2D eigenvalue weighted by Crippen LogP contribution is 2.06. The summed E-state index contributed by atoms with van der Waals surface area (Å²) in [5.41, 5.74) is 0. The third kappa shape index (κ3) is 11.1. The molecule has 0 saturated heterocycles. The minimum atomic E-state index is -0.500. The molecule has 0 spiro atoms. The summed E-state index contributed by atoms with van der Waals surface area (Å²) < 4.78 is 5.25. The van der Waals surface area contributed by atoms with Gasteiger partial charge in [-0.05, 0) is 24.9 Å². The van der Waals surface area contributed by atoms with Gasteiger partial charge >= 0.3 is 5.97 Å². The number of ether oxygens (including phenoxy) is 1. The number of thioether (sulfide) groups is 1. The molecule has 5 heteroatoms. The number of hydrogen-bond donors (Lipinski definition) is 1. The fourth-order valence-corrected chi connectivity index (χ4v) is 2.36. The van der Waals surface area contributed by atoms with Crippen LogP contribution in [-0.2, 0) is 14.3 Å². The largest absolute Gasteiger partial charge is 0.464 e. The van der Waals surface area contributed by atoms with Crippen molar-refractivity contribution in [3.63, 3.8) is 0 Å². The van der Waals surface area contributed by atoms with E-state index in [1.54, 1.807) is 11.8 Å². The van der Waals surface area contributed by atoms with Gasteiger partial charge in [0.05, 0.1) is 6.61 Å². The van der Waals surface area contributed by atoms with Gasteiger partial charge in [-0.1, -0.05) is 39.0 Å². The molecule has 0 unspecified atom stereocenters. The second kappa shape index (κ2) is 13.3. The van der Waals surface area contributed by atoms with Crippen LogP contribution in [0.2, 0.25) is 0 Å². The molecule has 0 heterocycles. The smallest absolute Gasteiger partial charge is 0.328 e. The van der Waals surface area contributed by atoms with Crippen molar-refractivity contribution in [1.82, 2.24) is 5.32 Å². The monoisotopic (exact) mass is 303 g/mol. The Labute approximate surface area is 127 Å². The molecule has 0 rings (SSSR count). The van der Waals surface area contributed by atoms with Gasteiger partial charge in [0, 0.05) is 6.92 Å². The molecule has 1 atom stereocenters. The van der Waals surface area contributed by atoms with Crippen molar-refractivity contribution < 1.29 is 14.3 Å². The van der Waals surface area contributed by atoms with Gasteiger partial charge in [-0.25, -0.2) is 4.79 Å². The fraction of sp³-hybridized carbons (Fsp3) is 0.867. The van der Waals surface area contributed by atoms with Crippen molar-refractivity contribution in [2.75, 3.05) is 18.6 Å². The average Bonchev–Trinajstić information content (AvgIpc) is 2.41. The van der Waals surface area contributed by atoms with E-state index in [2.05, 4.69) is 12.2 Å². The van der Waals surface area contributed by atoms with Crippen LogP contribution >= 0.6 is 11.8 Å². The predicted octanol–water partition coefficient (Wildman–Crippen LogP) is 3.15. The molecule has 0 aromatic heterocycles. The number of nitrogens with one attached hydrogen (secondary N) is 1. The standard InChI is InChI=1S/C15H29NO3S/c1-4-5-6-7-8-9-11-19-15(18)14(10-12-20-3)16-13(2)17/h14H,4-12H2,1-3H3,(H,16,17)/t14-/m1/s1. The van der Waals surface area contributed by atoms with Gasteiger partial charge in [-0.2, -0.15) is 11.8 Å². The number of carbonyl (C=O) groups excluding carboxylic acids is 2. The van der Waals surface area contributed by atoms with Crippen LogP contribution in [0.4, 0.5) is 0 Å². The first-order chi connectivity index (χ1) is 9.61. The number of carbonyl (C=O) groups is 2. The first-order valence-corrected chi connectivity index (χ1v) is 8.93. The number of rotatable bonds is 12. The molecule has 0 bridgehead atoms. The second-order valence-corrected chi connectivity index (χ2v) is 5.96. The minimum Gasteiger partial charge on any atom is -0.464 e. The molecule has 0 aliphatic rings. The van der Waals surface area contributed by atoms with Crippen LogP contribution in [0.5, 0.6) is 0 Å². The molecule has 0 aromatic carbocycles. The zero-order valence-electron chi connectivity index (χ0n) is 13.1. The lowest BCUT2D eigenvalue weighted by Gasteiger charge is -2.16. The lowest BCUT2D eigenvalue weighted by atomic mass is 10.1. The molecule has 0 aliphatic carbocycles. The third-order valence-corrected chi connectivity index (χ3v) is 3.66. The van der Waals surface area contributed by atoms with E-state index < -0.39 is 6.04 Å². The van der Waals surface area contributed by atoms with Gasteiger partial charge in [0.25, 0.3) is 0 Å². The van der Waals surface area contributed by atoms with Crippen molar-refractivity contribution in [1.29, 1.82) is 0 Å². The average molecular weight is 303 g/mol. The van der Waals surface area contributed by atoms with E-state index in [4.69, 9.17) is 4.74 Å². The zero-order valence-corrected chi connectivity index (χ0v) is 13.9. The van der Waals surface area contributed by atoms with E-state index >= 15 is 0 Å². The van der Waals surface area contributed by atoms with Crippen LogP contribution in [0.3, 0.4) is 0 Å². The quantitative estimate of drug-likeness (QED) is 0.444. The molecule has 4 nitrogen and oxygen atoms in total. The molecule has 1 N–H and O–H groups in total. The predicted molar refractivity (Wildman–Crippen MR) is 84.9 cm³/mol. The van der Waals surface area contributed by atoms with Crippen LogP contribution in [0.15, 0.2) is 0 Å². The molecule has 0 saturated carbocycles. The Morgan fingerprint density at radius 2 is 1.80 bits per heavy atom. The van der Waals surface area contributed by atoms with Crippen molar-refractivity contribution in [2.45, 2.75) is 64.8 Å². The van der Waals surface area contributed by atoms with Crippen molar-refractivity contribution >= 4 is 23.6 Å².